The second-order valence-electron chi connectivity index (χ2n) is 4.01. The summed E-state index contributed by atoms with van der Waals surface area (Å²) in [6.07, 6.45) is 1.05. The second-order valence-corrected chi connectivity index (χ2v) is 4.01. The zero-order chi connectivity index (χ0) is 12.1. The first-order valence-corrected chi connectivity index (χ1v) is 5.53. The number of nitrogens with two attached hydrogens (primary N) is 1. The normalized spacial score (nSPS) is 10.2. The number of nitrogens with zero attached hydrogens (tertiary/aromatic N) is 3. The second kappa shape index (κ2) is 5.36. The molecule has 1 rings (SSSR count). The van der Waals surface area contributed by atoms with Crippen LogP contribution in [0.5, 0.6) is 0 Å². The molecule has 1 aromatic rings. The Labute approximate surface area is 96.7 Å². The highest BCUT2D eigenvalue weighted by atomic mass is 15.2. The average molecular weight is 218 g/mol. The molecule has 0 saturated carbocycles. The van der Waals surface area contributed by atoms with Gasteiger partial charge in [0.05, 0.1) is 5.69 Å². The Kier molecular flexibility index (Phi) is 4.12. The lowest BCUT2D eigenvalue weighted by molar-refractivity contribution is 0.662. The van der Waals surface area contributed by atoms with Gasteiger partial charge in [-0.2, -0.15) is 5.26 Å². The molecule has 0 spiro atoms. The van der Waals surface area contributed by atoms with Crippen molar-refractivity contribution >= 4 is 11.5 Å². The van der Waals surface area contributed by atoms with Crippen LogP contribution in [0.1, 0.15) is 32.9 Å². The maximum absolute atomic E-state index is 8.88. The highest BCUT2D eigenvalue weighted by Crippen LogP contribution is 2.18. The summed E-state index contributed by atoms with van der Waals surface area (Å²) in [5.41, 5.74) is 6.39. The fourth-order valence-electron chi connectivity index (χ4n) is 1.59. The molecule has 4 nitrogen and oxygen atoms in total. The van der Waals surface area contributed by atoms with Crippen molar-refractivity contribution in [2.24, 2.45) is 0 Å². The summed E-state index contributed by atoms with van der Waals surface area (Å²) in [6.45, 7) is 7.27. The molecule has 0 fully saturated rings. The number of aromatic nitrogens is 1. The van der Waals surface area contributed by atoms with Crippen molar-refractivity contribution in [1.29, 1.82) is 5.26 Å². The number of anilines is 2. The van der Waals surface area contributed by atoms with Crippen LogP contribution >= 0.6 is 0 Å². The first kappa shape index (κ1) is 12.3. The van der Waals surface area contributed by atoms with Gasteiger partial charge in [0.2, 0.25) is 0 Å². The molecular weight excluding hydrogens is 200 g/mol. The Balaban J connectivity index is 3.06. The van der Waals surface area contributed by atoms with Gasteiger partial charge in [0.1, 0.15) is 11.9 Å². The molecule has 0 saturated heterocycles. The van der Waals surface area contributed by atoms with E-state index in [0.717, 1.165) is 18.8 Å². The summed E-state index contributed by atoms with van der Waals surface area (Å²) in [4.78, 5) is 6.44. The lowest BCUT2D eigenvalue weighted by Crippen LogP contribution is -2.32. The minimum absolute atomic E-state index is 0.305. The van der Waals surface area contributed by atoms with E-state index in [2.05, 4.69) is 30.7 Å². The third-order valence-electron chi connectivity index (χ3n) is 2.40. The smallest absolute Gasteiger partial charge is 0.165 e. The SMILES string of the molecule is CCCN(c1ccc(N)c(C#N)n1)C(C)C. The van der Waals surface area contributed by atoms with Gasteiger partial charge in [-0.1, -0.05) is 6.92 Å². The van der Waals surface area contributed by atoms with Gasteiger partial charge < -0.3 is 10.6 Å². The van der Waals surface area contributed by atoms with Gasteiger partial charge in [-0.05, 0) is 32.4 Å². The van der Waals surface area contributed by atoms with E-state index >= 15 is 0 Å². The Morgan fingerprint density at radius 1 is 1.50 bits per heavy atom. The first-order valence-electron chi connectivity index (χ1n) is 5.53. The predicted molar refractivity (Wildman–Crippen MR) is 66.1 cm³/mol. The van der Waals surface area contributed by atoms with E-state index in [4.69, 9.17) is 11.0 Å². The van der Waals surface area contributed by atoms with Crippen molar-refractivity contribution in [3.63, 3.8) is 0 Å². The van der Waals surface area contributed by atoms with Gasteiger partial charge in [0.25, 0.3) is 0 Å². The summed E-state index contributed by atoms with van der Waals surface area (Å²) in [7, 11) is 0. The zero-order valence-corrected chi connectivity index (χ0v) is 10.1. The summed E-state index contributed by atoms with van der Waals surface area (Å²) in [5, 5.41) is 8.88. The summed E-state index contributed by atoms with van der Waals surface area (Å²) >= 11 is 0. The van der Waals surface area contributed by atoms with Crippen molar-refractivity contribution in [2.75, 3.05) is 17.2 Å². The number of hydrogen-bond donors (Lipinski definition) is 1. The number of hydrogen-bond acceptors (Lipinski definition) is 4. The van der Waals surface area contributed by atoms with Crippen LogP contribution in [0.15, 0.2) is 12.1 Å². The first-order chi connectivity index (χ1) is 7.60. The van der Waals surface area contributed by atoms with Gasteiger partial charge >= 0.3 is 0 Å². The molecule has 0 aliphatic heterocycles. The molecule has 0 atom stereocenters. The summed E-state index contributed by atoms with van der Waals surface area (Å²) in [6, 6.07) is 5.98. The molecular formula is C12H18N4. The maximum atomic E-state index is 8.88. The quantitative estimate of drug-likeness (QED) is 0.841. The lowest BCUT2D eigenvalue weighted by Gasteiger charge is -2.27. The van der Waals surface area contributed by atoms with E-state index in [1.165, 1.54) is 0 Å². The molecule has 0 aliphatic rings. The molecule has 1 heterocycles. The van der Waals surface area contributed by atoms with E-state index in [1.54, 1.807) is 6.07 Å². The number of nitrogen functional groups attached to an aromatic ring is 1. The van der Waals surface area contributed by atoms with Gasteiger partial charge in [-0.15, -0.1) is 0 Å². The van der Waals surface area contributed by atoms with E-state index < -0.39 is 0 Å². The van der Waals surface area contributed by atoms with Crippen LogP contribution in [-0.2, 0) is 0 Å². The number of pyridine rings is 1. The molecule has 0 aromatic carbocycles. The van der Waals surface area contributed by atoms with Crippen molar-refractivity contribution in [1.82, 2.24) is 4.98 Å². The zero-order valence-electron chi connectivity index (χ0n) is 10.1. The monoisotopic (exact) mass is 218 g/mol. The van der Waals surface area contributed by atoms with Gasteiger partial charge in [0.15, 0.2) is 5.69 Å². The number of rotatable bonds is 4. The summed E-state index contributed by atoms with van der Waals surface area (Å²) in [5.74, 6) is 0.822. The molecule has 86 valence electrons. The molecule has 0 bridgehead atoms. The molecule has 2 N–H and O–H groups in total. The minimum atomic E-state index is 0.305. The average Bonchev–Trinajstić information content (AvgIpc) is 2.26. The number of nitriles is 1. The third kappa shape index (κ3) is 2.63. The highest BCUT2D eigenvalue weighted by Gasteiger charge is 2.12. The van der Waals surface area contributed by atoms with Crippen LogP contribution in [0.2, 0.25) is 0 Å². The largest absolute Gasteiger partial charge is 0.396 e. The van der Waals surface area contributed by atoms with Gasteiger partial charge in [-0.25, -0.2) is 4.98 Å². The molecule has 4 heteroatoms. The van der Waals surface area contributed by atoms with Crippen LogP contribution in [-0.4, -0.2) is 17.6 Å². The third-order valence-corrected chi connectivity index (χ3v) is 2.40. The Morgan fingerprint density at radius 2 is 2.19 bits per heavy atom. The summed E-state index contributed by atoms with van der Waals surface area (Å²) < 4.78 is 0. The van der Waals surface area contributed by atoms with E-state index in [0.29, 0.717) is 17.4 Å². The van der Waals surface area contributed by atoms with Crippen LogP contribution in [0.25, 0.3) is 0 Å². The van der Waals surface area contributed by atoms with Crippen LogP contribution < -0.4 is 10.6 Å². The Hall–Kier alpha value is -1.76. The van der Waals surface area contributed by atoms with E-state index in [-0.39, 0.29) is 0 Å². The maximum Gasteiger partial charge on any atom is 0.165 e. The standard InChI is InChI=1S/C12H18N4/c1-4-7-16(9(2)3)12-6-5-10(14)11(8-13)15-12/h5-6,9H,4,7,14H2,1-3H3. The van der Waals surface area contributed by atoms with Crippen molar-refractivity contribution in [3.05, 3.63) is 17.8 Å². The van der Waals surface area contributed by atoms with Crippen molar-refractivity contribution < 1.29 is 0 Å². The van der Waals surface area contributed by atoms with Crippen LogP contribution in [0, 0.1) is 11.3 Å². The highest BCUT2D eigenvalue weighted by molar-refractivity contribution is 5.55. The molecule has 1 aromatic heterocycles. The van der Waals surface area contributed by atoms with Crippen LogP contribution in [0.4, 0.5) is 11.5 Å². The lowest BCUT2D eigenvalue weighted by atomic mass is 10.2. The van der Waals surface area contributed by atoms with Gasteiger partial charge in [0, 0.05) is 12.6 Å². The topological polar surface area (TPSA) is 65.9 Å². The van der Waals surface area contributed by atoms with Crippen LogP contribution in [0.3, 0.4) is 0 Å². The van der Waals surface area contributed by atoms with E-state index in [1.807, 2.05) is 12.1 Å². The fraction of sp³-hybridized carbons (Fsp3) is 0.500. The molecule has 0 unspecified atom stereocenters. The fourth-order valence-corrected chi connectivity index (χ4v) is 1.59. The Bertz CT molecular complexity index is 392. The van der Waals surface area contributed by atoms with E-state index in [9.17, 15) is 0 Å². The minimum Gasteiger partial charge on any atom is -0.396 e. The molecule has 0 radical (unpaired) electrons. The Morgan fingerprint density at radius 3 is 2.69 bits per heavy atom. The van der Waals surface area contributed by atoms with Crippen molar-refractivity contribution in [3.8, 4) is 6.07 Å². The molecule has 0 aliphatic carbocycles. The molecule has 0 amide bonds. The van der Waals surface area contributed by atoms with Crippen molar-refractivity contribution in [2.45, 2.75) is 33.2 Å². The van der Waals surface area contributed by atoms with Gasteiger partial charge in [-0.3, -0.25) is 0 Å². The predicted octanol–water partition coefficient (Wildman–Crippen LogP) is 2.16. The molecule has 16 heavy (non-hydrogen) atoms.